The Bertz CT molecular complexity index is 1080. The molecule has 1 aliphatic heterocycles. The number of amides is 1. The first kappa shape index (κ1) is 24.9. The van der Waals surface area contributed by atoms with E-state index in [4.69, 9.17) is 16.3 Å². The summed E-state index contributed by atoms with van der Waals surface area (Å²) in [6.07, 6.45) is 9.07. The van der Waals surface area contributed by atoms with Crippen molar-refractivity contribution in [3.8, 4) is 0 Å². The average Bonchev–Trinajstić information content (AvgIpc) is 2.87. The molecule has 0 aromatic heterocycles. The molecule has 0 radical (unpaired) electrons. The summed E-state index contributed by atoms with van der Waals surface area (Å²) in [5.74, 6) is -0.341. The van der Waals surface area contributed by atoms with E-state index < -0.39 is 21.4 Å². The smallest absolute Gasteiger partial charge is 0.230 e. The van der Waals surface area contributed by atoms with Gasteiger partial charge in [0.05, 0.1) is 21.2 Å². The van der Waals surface area contributed by atoms with Gasteiger partial charge in [-0.05, 0) is 86.9 Å². The number of carbonyl (C=O) groups excluding carboxylic acids is 1. The molecule has 2 aromatic rings. The highest BCUT2D eigenvalue weighted by atomic mass is 35.5. The van der Waals surface area contributed by atoms with E-state index in [0.717, 1.165) is 44.9 Å². The van der Waals surface area contributed by atoms with Crippen molar-refractivity contribution < 1.29 is 18.1 Å². The van der Waals surface area contributed by atoms with E-state index in [1.54, 1.807) is 35.2 Å². The van der Waals surface area contributed by atoms with Gasteiger partial charge in [0.15, 0.2) is 0 Å². The number of hydrogen-bond acceptors (Lipinski definition) is 3. The van der Waals surface area contributed by atoms with Gasteiger partial charge in [-0.2, -0.15) is 0 Å². The van der Waals surface area contributed by atoms with Crippen LogP contribution in [0.3, 0.4) is 0 Å². The van der Waals surface area contributed by atoms with Gasteiger partial charge < -0.3 is 9.64 Å². The van der Waals surface area contributed by atoms with Crippen molar-refractivity contribution in [2.75, 3.05) is 18.1 Å². The summed E-state index contributed by atoms with van der Waals surface area (Å²) in [4.78, 5) is 16.0. The first-order valence-corrected chi connectivity index (χ1v) is 14.4. The zero-order chi connectivity index (χ0) is 24.4. The van der Waals surface area contributed by atoms with Crippen LogP contribution in [0.25, 0.3) is 0 Å². The zero-order valence-electron chi connectivity index (χ0n) is 20.0. The second-order valence-electron chi connectivity index (χ2n) is 10.1. The third-order valence-electron chi connectivity index (χ3n) is 8.05. The van der Waals surface area contributed by atoms with Gasteiger partial charge >= 0.3 is 0 Å². The lowest BCUT2D eigenvalue weighted by atomic mass is 9.85. The number of hydrogen-bond donors (Lipinski definition) is 0. The van der Waals surface area contributed by atoms with Crippen molar-refractivity contribution in [1.82, 2.24) is 0 Å². The molecule has 1 amide bonds. The molecule has 0 bridgehead atoms. The largest absolute Gasteiger partial charge is 0.381 e. The highest BCUT2D eigenvalue weighted by Crippen LogP contribution is 2.43. The molecule has 3 fully saturated rings. The number of carbonyl (C=O) groups is 1. The van der Waals surface area contributed by atoms with Crippen LogP contribution >= 0.6 is 11.6 Å². The maximum absolute atomic E-state index is 15.9. The van der Waals surface area contributed by atoms with Crippen LogP contribution in [0, 0.1) is 11.7 Å². The molecular weight excluding hydrogens is 485 g/mol. The van der Waals surface area contributed by atoms with Crippen LogP contribution in [0.2, 0.25) is 5.02 Å². The minimum atomic E-state index is -1.41. The van der Waals surface area contributed by atoms with Gasteiger partial charge in [0.25, 0.3) is 0 Å². The van der Waals surface area contributed by atoms with Crippen LogP contribution in [0.5, 0.6) is 0 Å². The fourth-order valence-electron chi connectivity index (χ4n) is 5.74. The highest BCUT2D eigenvalue weighted by Gasteiger charge is 2.42. The third-order valence-corrected chi connectivity index (χ3v) is 10.4. The maximum atomic E-state index is 15.9. The maximum Gasteiger partial charge on any atom is 0.230 e. The lowest BCUT2D eigenvalue weighted by Crippen LogP contribution is -2.48. The molecule has 1 saturated heterocycles. The predicted octanol–water partition coefficient (Wildman–Crippen LogP) is 6.76. The van der Waals surface area contributed by atoms with E-state index in [9.17, 15) is 9.00 Å². The van der Waals surface area contributed by atoms with E-state index in [-0.39, 0.29) is 17.9 Å². The Morgan fingerprint density at radius 2 is 1.66 bits per heavy atom. The van der Waals surface area contributed by atoms with Gasteiger partial charge in [0.2, 0.25) is 5.91 Å². The van der Waals surface area contributed by atoms with Crippen molar-refractivity contribution >= 4 is 34.0 Å². The number of nitrogens with zero attached hydrogens (tertiary/aromatic N) is 1. The fourth-order valence-corrected chi connectivity index (χ4v) is 7.58. The molecule has 2 aromatic carbocycles. The first-order valence-electron chi connectivity index (χ1n) is 12.9. The zero-order valence-corrected chi connectivity index (χ0v) is 21.6. The Labute approximate surface area is 214 Å². The quantitative estimate of drug-likeness (QED) is 0.425. The summed E-state index contributed by atoms with van der Waals surface area (Å²) in [5, 5.41) is 0.584. The minimum absolute atomic E-state index is 0.0114. The molecule has 2 aliphatic carbocycles. The van der Waals surface area contributed by atoms with Crippen LogP contribution in [-0.2, 0) is 25.1 Å². The SMILES string of the molecule is O=C(C1CCCCC1)N(c1ccc(C2(S(=O)c3ccc(Cl)cc3)CCOCC2)cc1F)C1CCC1. The number of anilines is 1. The second-order valence-corrected chi connectivity index (χ2v) is 12.4. The molecule has 1 heterocycles. The average molecular weight is 518 g/mol. The molecule has 1 unspecified atom stereocenters. The van der Waals surface area contributed by atoms with E-state index in [2.05, 4.69) is 0 Å². The Balaban J connectivity index is 1.49. The molecule has 0 spiro atoms. The van der Waals surface area contributed by atoms with Gasteiger partial charge in [0.1, 0.15) is 5.82 Å². The van der Waals surface area contributed by atoms with Crippen molar-refractivity contribution in [3.05, 3.63) is 58.9 Å². The summed E-state index contributed by atoms with van der Waals surface area (Å²) in [6.45, 7) is 0.939. The van der Waals surface area contributed by atoms with Crippen LogP contribution in [0.4, 0.5) is 10.1 Å². The van der Waals surface area contributed by atoms with Gasteiger partial charge in [-0.1, -0.05) is 36.9 Å². The van der Waals surface area contributed by atoms with Gasteiger partial charge in [-0.15, -0.1) is 0 Å². The Hall–Kier alpha value is -1.76. The second kappa shape index (κ2) is 10.7. The molecule has 35 heavy (non-hydrogen) atoms. The topological polar surface area (TPSA) is 46.6 Å². The van der Waals surface area contributed by atoms with Crippen molar-refractivity contribution in [3.63, 3.8) is 0 Å². The Kier molecular flexibility index (Phi) is 7.61. The summed E-state index contributed by atoms with van der Waals surface area (Å²) >= 11 is 6.04. The first-order chi connectivity index (χ1) is 17.0. The molecule has 188 valence electrons. The summed E-state index contributed by atoms with van der Waals surface area (Å²) < 4.78 is 34.6. The molecule has 2 saturated carbocycles. The van der Waals surface area contributed by atoms with E-state index >= 15 is 4.39 Å². The lowest BCUT2D eigenvalue weighted by molar-refractivity contribution is -0.124. The molecule has 1 atom stereocenters. The predicted molar refractivity (Wildman–Crippen MR) is 138 cm³/mol. The summed E-state index contributed by atoms with van der Waals surface area (Å²) in [6, 6.07) is 12.3. The van der Waals surface area contributed by atoms with Gasteiger partial charge in [0, 0.05) is 35.1 Å². The van der Waals surface area contributed by atoms with Crippen molar-refractivity contribution in [2.45, 2.75) is 79.9 Å². The molecule has 5 rings (SSSR count). The van der Waals surface area contributed by atoms with E-state index in [0.29, 0.717) is 47.2 Å². The minimum Gasteiger partial charge on any atom is -0.381 e. The van der Waals surface area contributed by atoms with Crippen LogP contribution in [0.1, 0.15) is 69.8 Å². The van der Waals surface area contributed by atoms with Gasteiger partial charge in [-0.25, -0.2) is 4.39 Å². The van der Waals surface area contributed by atoms with Crippen LogP contribution in [0.15, 0.2) is 47.4 Å². The monoisotopic (exact) mass is 517 g/mol. The number of benzene rings is 2. The Morgan fingerprint density at radius 1 is 0.971 bits per heavy atom. The number of rotatable bonds is 6. The van der Waals surface area contributed by atoms with Gasteiger partial charge in [-0.3, -0.25) is 9.00 Å². The molecular formula is C28H33ClFNO3S. The van der Waals surface area contributed by atoms with E-state index in [1.807, 2.05) is 6.07 Å². The standard InChI is InChI=1S/C28H33ClFNO3S/c29-22-10-12-24(13-11-22)35(33)28(15-17-34-18-16-28)21-9-14-26(25(30)19-21)31(23-7-4-8-23)27(32)20-5-2-1-3-6-20/h9-14,19-20,23H,1-8,15-18H2. The number of halogens is 2. The van der Waals surface area contributed by atoms with E-state index in [1.165, 1.54) is 12.5 Å². The normalized spacial score (nSPS) is 21.8. The van der Waals surface area contributed by atoms with Crippen LogP contribution in [-0.4, -0.2) is 29.4 Å². The third kappa shape index (κ3) is 4.94. The number of ether oxygens (including phenoxy) is 1. The molecule has 0 N–H and O–H groups in total. The Morgan fingerprint density at radius 3 is 2.26 bits per heavy atom. The lowest BCUT2D eigenvalue weighted by Gasteiger charge is -2.41. The van der Waals surface area contributed by atoms with Crippen molar-refractivity contribution in [1.29, 1.82) is 0 Å². The highest BCUT2D eigenvalue weighted by molar-refractivity contribution is 7.86. The van der Waals surface area contributed by atoms with Crippen LogP contribution < -0.4 is 4.90 Å². The molecule has 3 aliphatic rings. The molecule has 7 heteroatoms. The molecule has 4 nitrogen and oxygen atoms in total. The summed E-state index contributed by atoms with van der Waals surface area (Å²) in [5.41, 5.74) is 1.07. The summed E-state index contributed by atoms with van der Waals surface area (Å²) in [7, 11) is -1.41. The van der Waals surface area contributed by atoms with Crippen molar-refractivity contribution in [2.24, 2.45) is 5.92 Å². The fraction of sp³-hybridized carbons (Fsp3) is 0.536.